The van der Waals surface area contributed by atoms with Gasteiger partial charge in [-0.2, -0.15) is 5.26 Å². The molecule has 35 heavy (non-hydrogen) atoms. The number of benzene rings is 2. The van der Waals surface area contributed by atoms with Crippen LogP contribution in [0.1, 0.15) is 43.2 Å². The molecular weight excluding hydrogens is 434 g/mol. The fourth-order valence-corrected chi connectivity index (χ4v) is 4.69. The fraction of sp³-hybridized carbons (Fsp3) is 0.414. The van der Waals surface area contributed by atoms with E-state index in [1.54, 1.807) is 0 Å². The first-order valence-corrected chi connectivity index (χ1v) is 12.4. The van der Waals surface area contributed by atoms with Gasteiger partial charge in [-0.25, -0.2) is 4.98 Å². The lowest BCUT2D eigenvalue weighted by atomic mass is 9.76. The number of carbonyl (C=O) groups excluding carboxylic acids is 1. The zero-order valence-electron chi connectivity index (χ0n) is 21.0. The molecule has 1 atom stereocenters. The minimum atomic E-state index is -0.0952. The molecule has 1 saturated heterocycles. The van der Waals surface area contributed by atoms with Gasteiger partial charge in [0.1, 0.15) is 0 Å². The van der Waals surface area contributed by atoms with Crippen molar-refractivity contribution in [3.05, 3.63) is 89.5 Å². The number of nitrogens with zero attached hydrogens (tertiary/aromatic N) is 5. The highest BCUT2D eigenvalue weighted by molar-refractivity contribution is 5.80. The molecule has 0 saturated carbocycles. The maximum absolute atomic E-state index is 13.5. The van der Waals surface area contributed by atoms with Crippen molar-refractivity contribution in [2.45, 2.75) is 40.3 Å². The molecule has 1 aliphatic rings. The van der Waals surface area contributed by atoms with Gasteiger partial charge in [0, 0.05) is 51.4 Å². The molecule has 1 aliphatic heterocycles. The van der Waals surface area contributed by atoms with Gasteiger partial charge in [-0.1, -0.05) is 63.2 Å². The summed E-state index contributed by atoms with van der Waals surface area (Å²) in [7, 11) is 0. The Bertz CT molecular complexity index is 1150. The first-order valence-electron chi connectivity index (χ1n) is 12.4. The van der Waals surface area contributed by atoms with Crippen molar-refractivity contribution in [3.63, 3.8) is 0 Å². The number of rotatable bonds is 7. The molecule has 182 valence electrons. The van der Waals surface area contributed by atoms with Crippen LogP contribution in [-0.2, 0) is 24.3 Å². The number of aromatic nitrogens is 2. The Morgan fingerprint density at radius 1 is 0.971 bits per heavy atom. The highest BCUT2D eigenvalue weighted by atomic mass is 16.2. The summed E-state index contributed by atoms with van der Waals surface area (Å²) < 4.78 is 2.16. The van der Waals surface area contributed by atoms with Crippen molar-refractivity contribution in [3.8, 4) is 6.07 Å². The van der Waals surface area contributed by atoms with Crippen LogP contribution in [0.2, 0.25) is 0 Å². The predicted molar refractivity (Wildman–Crippen MR) is 137 cm³/mol. The number of amides is 1. The summed E-state index contributed by atoms with van der Waals surface area (Å²) >= 11 is 0. The van der Waals surface area contributed by atoms with Gasteiger partial charge >= 0.3 is 0 Å². The predicted octanol–water partition coefficient (Wildman–Crippen LogP) is 4.35. The van der Waals surface area contributed by atoms with Gasteiger partial charge in [0.05, 0.1) is 23.7 Å². The second-order valence-electron chi connectivity index (χ2n) is 10.5. The van der Waals surface area contributed by atoms with Crippen LogP contribution in [0.5, 0.6) is 0 Å². The van der Waals surface area contributed by atoms with Gasteiger partial charge in [-0.3, -0.25) is 9.69 Å². The lowest BCUT2D eigenvalue weighted by Gasteiger charge is -2.39. The lowest BCUT2D eigenvalue weighted by Crippen LogP contribution is -2.52. The third-order valence-electron chi connectivity index (χ3n) is 6.93. The van der Waals surface area contributed by atoms with Gasteiger partial charge in [-0.15, -0.1) is 0 Å². The van der Waals surface area contributed by atoms with Crippen LogP contribution in [0.15, 0.2) is 67.1 Å². The molecule has 0 aliphatic carbocycles. The third-order valence-corrected chi connectivity index (χ3v) is 6.93. The number of hydrogen-bond donors (Lipinski definition) is 0. The number of nitriles is 1. The number of imidazole rings is 1. The second-order valence-corrected chi connectivity index (χ2v) is 10.5. The normalized spacial score (nSPS) is 15.5. The van der Waals surface area contributed by atoms with Gasteiger partial charge in [-0.05, 0) is 35.1 Å². The number of hydrogen-bond acceptors (Lipinski definition) is 4. The van der Waals surface area contributed by atoms with Crippen LogP contribution in [0.25, 0.3) is 0 Å². The van der Waals surface area contributed by atoms with E-state index in [0.717, 1.165) is 56.9 Å². The quantitative estimate of drug-likeness (QED) is 0.516. The summed E-state index contributed by atoms with van der Waals surface area (Å²) in [5, 5.41) is 9.01. The summed E-state index contributed by atoms with van der Waals surface area (Å²) in [5.74, 6) is 0.233. The molecule has 2 aromatic carbocycles. The number of carbonyl (C=O) groups is 1. The van der Waals surface area contributed by atoms with Crippen LogP contribution >= 0.6 is 0 Å². The second kappa shape index (κ2) is 10.9. The van der Waals surface area contributed by atoms with Crippen LogP contribution in [-0.4, -0.2) is 51.4 Å². The van der Waals surface area contributed by atoms with Crippen LogP contribution < -0.4 is 0 Å². The molecule has 3 aromatic rings. The average Bonchev–Trinajstić information content (AvgIpc) is 3.29. The average molecular weight is 470 g/mol. The Balaban J connectivity index is 1.34. The monoisotopic (exact) mass is 469 g/mol. The zero-order valence-corrected chi connectivity index (χ0v) is 21.0. The Hall–Kier alpha value is -3.43. The maximum atomic E-state index is 13.5. The largest absolute Gasteiger partial charge is 0.340 e. The fourth-order valence-electron chi connectivity index (χ4n) is 4.69. The van der Waals surface area contributed by atoms with Crippen LogP contribution in [0.4, 0.5) is 0 Å². The van der Waals surface area contributed by atoms with Crippen LogP contribution in [0, 0.1) is 22.7 Å². The molecule has 1 fully saturated rings. The molecule has 0 bridgehead atoms. The molecule has 1 unspecified atom stereocenters. The van der Waals surface area contributed by atoms with E-state index in [2.05, 4.69) is 58.3 Å². The third kappa shape index (κ3) is 6.37. The van der Waals surface area contributed by atoms with Gasteiger partial charge < -0.3 is 9.47 Å². The van der Waals surface area contributed by atoms with Crippen molar-refractivity contribution in [1.82, 2.24) is 19.4 Å². The summed E-state index contributed by atoms with van der Waals surface area (Å²) in [6.45, 7) is 11.3. The van der Waals surface area contributed by atoms with Crippen LogP contribution in [0.3, 0.4) is 0 Å². The van der Waals surface area contributed by atoms with Gasteiger partial charge in [0.25, 0.3) is 0 Å². The van der Waals surface area contributed by atoms with E-state index in [0.29, 0.717) is 5.56 Å². The molecule has 0 N–H and O–H groups in total. The highest BCUT2D eigenvalue weighted by Crippen LogP contribution is 2.31. The highest BCUT2D eigenvalue weighted by Gasteiger charge is 2.35. The SMILES string of the molecule is CC(C)(C)C(Cc1ccccc1)C(=O)N1CCN(Cc2cncn2Cc2ccc(C#N)cc2)CC1. The summed E-state index contributed by atoms with van der Waals surface area (Å²) in [5.41, 5.74) is 4.10. The molecule has 6 nitrogen and oxygen atoms in total. The van der Waals surface area contributed by atoms with E-state index in [4.69, 9.17) is 5.26 Å². The number of piperazine rings is 1. The topological polar surface area (TPSA) is 65.2 Å². The molecule has 0 radical (unpaired) electrons. The minimum Gasteiger partial charge on any atom is -0.340 e. The Morgan fingerprint density at radius 3 is 2.29 bits per heavy atom. The standard InChI is InChI=1S/C29H35N5O/c1-29(2,3)27(17-23-7-5-4-6-8-23)28(35)33-15-13-32(14-16-33)21-26-19-31-22-34(26)20-25-11-9-24(18-30)10-12-25/h4-12,19,22,27H,13-17,20-21H2,1-3H3. The molecule has 4 rings (SSSR count). The summed E-state index contributed by atoms with van der Waals surface area (Å²) in [6, 6.07) is 20.2. The zero-order chi connectivity index (χ0) is 24.8. The van der Waals surface area contributed by atoms with E-state index in [1.165, 1.54) is 5.56 Å². The lowest BCUT2D eigenvalue weighted by molar-refractivity contribution is -0.141. The van der Waals surface area contributed by atoms with Crippen molar-refractivity contribution >= 4 is 5.91 Å². The van der Waals surface area contributed by atoms with Crippen molar-refractivity contribution in [1.29, 1.82) is 5.26 Å². The van der Waals surface area contributed by atoms with E-state index in [-0.39, 0.29) is 17.2 Å². The van der Waals surface area contributed by atoms with E-state index in [9.17, 15) is 4.79 Å². The molecule has 0 spiro atoms. The maximum Gasteiger partial charge on any atom is 0.226 e. The van der Waals surface area contributed by atoms with E-state index < -0.39 is 0 Å². The summed E-state index contributed by atoms with van der Waals surface area (Å²) in [6.07, 6.45) is 4.57. The molecule has 2 heterocycles. The summed E-state index contributed by atoms with van der Waals surface area (Å²) in [4.78, 5) is 22.4. The van der Waals surface area contributed by atoms with Crippen molar-refractivity contribution in [2.24, 2.45) is 11.3 Å². The van der Waals surface area contributed by atoms with Crippen molar-refractivity contribution < 1.29 is 4.79 Å². The Kier molecular flexibility index (Phi) is 7.67. The Labute approximate surface area is 208 Å². The van der Waals surface area contributed by atoms with E-state index >= 15 is 0 Å². The molecule has 1 aromatic heterocycles. The van der Waals surface area contributed by atoms with Gasteiger partial charge in [0.15, 0.2) is 0 Å². The smallest absolute Gasteiger partial charge is 0.226 e. The molecular formula is C29H35N5O. The van der Waals surface area contributed by atoms with Crippen molar-refractivity contribution in [2.75, 3.05) is 26.2 Å². The first-order chi connectivity index (χ1) is 16.8. The van der Waals surface area contributed by atoms with Gasteiger partial charge in [0.2, 0.25) is 5.91 Å². The molecule has 1 amide bonds. The Morgan fingerprint density at radius 2 is 1.66 bits per heavy atom. The first kappa shape index (κ1) is 24.7. The molecule has 6 heteroatoms. The minimum absolute atomic E-state index is 0.0368. The van der Waals surface area contributed by atoms with E-state index in [1.807, 2.05) is 55.0 Å².